The number of urea groups is 2. The number of amides is 4. The van der Waals surface area contributed by atoms with Gasteiger partial charge in [-0.25, -0.2) is 9.59 Å². The second kappa shape index (κ2) is 11.0. The molecule has 0 N–H and O–H groups in total. The molecule has 5 rings (SSSR count). The van der Waals surface area contributed by atoms with Crippen LogP contribution < -0.4 is 9.80 Å². The van der Waals surface area contributed by atoms with E-state index in [4.69, 9.17) is 0 Å². The second-order valence-corrected chi connectivity index (χ2v) is 9.07. The van der Waals surface area contributed by atoms with Crippen LogP contribution in [0.2, 0.25) is 0 Å². The molecular weight excluding hydrogens is 460 g/mol. The van der Waals surface area contributed by atoms with E-state index in [2.05, 4.69) is 0 Å². The van der Waals surface area contributed by atoms with Crippen molar-refractivity contribution in [1.82, 2.24) is 9.80 Å². The molecule has 1 unspecified atom stereocenters. The number of piperazine rings is 1. The average Bonchev–Trinajstić information content (AvgIpc) is 2.95. The summed E-state index contributed by atoms with van der Waals surface area (Å²) in [5.41, 5.74) is 3.24. The first-order chi connectivity index (χ1) is 18.1. The van der Waals surface area contributed by atoms with Crippen molar-refractivity contribution >= 4 is 34.8 Å². The van der Waals surface area contributed by atoms with Gasteiger partial charge in [0.25, 0.3) is 0 Å². The van der Waals surface area contributed by atoms with E-state index in [9.17, 15) is 9.59 Å². The Labute approximate surface area is 218 Å². The van der Waals surface area contributed by atoms with Crippen LogP contribution >= 0.6 is 0 Å². The highest BCUT2D eigenvalue weighted by atomic mass is 16.2. The minimum absolute atomic E-state index is 0.0972. The first-order valence-corrected chi connectivity index (χ1v) is 12.5. The number of carbonyl (C=O) groups excluding carboxylic acids is 2. The quantitative estimate of drug-likeness (QED) is 0.312. The summed E-state index contributed by atoms with van der Waals surface area (Å²) in [6.07, 6.45) is 0. The Morgan fingerprint density at radius 1 is 0.568 bits per heavy atom. The van der Waals surface area contributed by atoms with Crippen molar-refractivity contribution in [3.8, 4) is 0 Å². The lowest BCUT2D eigenvalue weighted by Crippen LogP contribution is -2.59. The van der Waals surface area contributed by atoms with E-state index in [0.29, 0.717) is 19.6 Å². The molecule has 0 spiro atoms. The van der Waals surface area contributed by atoms with Gasteiger partial charge >= 0.3 is 12.1 Å². The molecule has 0 saturated carbocycles. The largest absolute Gasteiger partial charge is 0.329 e. The Morgan fingerprint density at radius 2 is 0.919 bits per heavy atom. The summed E-state index contributed by atoms with van der Waals surface area (Å²) >= 11 is 0. The van der Waals surface area contributed by atoms with Gasteiger partial charge in [-0.05, 0) is 55.5 Å². The van der Waals surface area contributed by atoms with Gasteiger partial charge in [0.05, 0.1) is 22.7 Å². The zero-order chi connectivity index (χ0) is 25.6. The smallest absolute Gasteiger partial charge is 0.320 e. The molecule has 4 amide bonds. The highest BCUT2D eigenvalue weighted by Crippen LogP contribution is 2.30. The van der Waals surface area contributed by atoms with E-state index >= 15 is 0 Å². The predicted molar refractivity (Wildman–Crippen MR) is 149 cm³/mol. The maximum absolute atomic E-state index is 13.9. The Morgan fingerprint density at radius 3 is 1.27 bits per heavy atom. The molecule has 1 heterocycles. The second-order valence-electron chi connectivity index (χ2n) is 9.07. The van der Waals surface area contributed by atoms with Gasteiger partial charge in [0.2, 0.25) is 0 Å². The fourth-order valence-corrected chi connectivity index (χ4v) is 4.73. The molecule has 0 aliphatic carbocycles. The lowest BCUT2D eigenvalue weighted by atomic mass is 10.1. The number of hydrogen-bond acceptors (Lipinski definition) is 2. The molecule has 1 atom stereocenters. The minimum atomic E-state index is -0.159. The molecule has 6 heteroatoms. The highest BCUT2D eigenvalue weighted by Gasteiger charge is 2.35. The summed E-state index contributed by atoms with van der Waals surface area (Å²) in [7, 11) is 0. The maximum Gasteiger partial charge on any atom is 0.329 e. The first kappa shape index (κ1) is 24.1. The van der Waals surface area contributed by atoms with Crippen LogP contribution in [0.1, 0.15) is 6.92 Å². The lowest BCUT2D eigenvalue weighted by Gasteiger charge is -2.43. The van der Waals surface area contributed by atoms with Crippen molar-refractivity contribution in [1.29, 1.82) is 0 Å². The third-order valence-electron chi connectivity index (χ3n) is 6.58. The van der Waals surface area contributed by atoms with Gasteiger partial charge in [-0.2, -0.15) is 0 Å². The van der Waals surface area contributed by atoms with Crippen LogP contribution in [0, 0.1) is 0 Å². The van der Waals surface area contributed by atoms with Crippen molar-refractivity contribution in [2.45, 2.75) is 13.0 Å². The predicted octanol–water partition coefficient (Wildman–Crippen LogP) is 6.91. The summed E-state index contributed by atoms with van der Waals surface area (Å²) in [5.74, 6) is 0. The average molecular weight is 491 g/mol. The molecule has 1 fully saturated rings. The van der Waals surface area contributed by atoms with Crippen LogP contribution in [-0.2, 0) is 0 Å². The van der Waals surface area contributed by atoms with Crippen LogP contribution in [0.5, 0.6) is 0 Å². The topological polar surface area (TPSA) is 47.1 Å². The normalized spacial score (nSPS) is 15.2. The van der Waals surface area contributed by atoms with Crippen molar-refractivity contribution in [3.63, 3.8) is 0 Å². The molecule has 1 aliphatic rings. The number of benzene rings is 4. The molecule has 0 aromatic heterocycles. The Bertz CT molecular complexity index is 1240. The number of hydrogen-bond donors (Lipinski definition) is 0. The zero-order valence-corrected chi connectivity index (χ0v) is 20.9. The molecule has 6 nitrogen and oxygen atoms in total. The van der Waals surface area contributed by atoms with Crippen LogP contribution in [-0.4, -0.2) is 47.5 Å². The fraction of sp³-hybridized carbons (Fsp3) is 0.161. The number of rotatable bonds is 4. The van der Waals surface area contributed by atoms with Crippen molar-refractivity contribution in [2.24, 2.45) is 0 Å². The van der Waals surface area contributed by atoms with Crippen molar-refractivity contribution in [3.05, 3.63) is 121 Å². The summed E-state index contributed by atoms with van der Waals surface area (Å²) in [4.78, 5) is 34.9. The standard InChI is InChI=1S/C31H30N4O2/c1-25-24-32(30(36)34(26-14-6-2-7-15-26)27-16-8-3-9-17-27)22-23-33(25)31(37)35(28-18-10-4-11-19-28)29-20-12-5-13-21-29/h2-21,25H,22-24H2,1H3. The van der Waals surface area contributed by atoms with Crippen LogP contribution in [0.25, 0.3) is 0 Å². The number of anilines is 4. The third-order valence-corrected chi connectivity index (χ3v) is 6.58. The SMILES string of the molecule is CC1CN(C(=O)N(c2ccccc2)c2ccccc2)CCN1C(=O)N(c1ccccc1)c1ccccc1. The van der Waals surface area contributed by atoms with E-state index in [1.165, 1.54) is 0 Å². The van der Waals surface area contributed by atoms with Gasteiger partial charge in [0.15, 0.2) is 0 Å². The first-order valence-electron chi connectivity index (χ1n) is 12.5. The zero-order valence-electron chi connectivity index (χ0n) is 20.9. The van der Waals surface area contributed by atoms with Gasteiger partial charge in [0.1, 0.15) is 0 Å². The monoisotopic (exact) mass is 490 g/mol. The molecule has 186 valence electrons. The summed E-state index contributed by atoms with van der Waals surface area (Å²) < 4.78 is 0. The number of nitrogens with zero attached hydrogens (tertiary/aromatic N) is 4. The van der Waals surface area contributed by atoms with E-state index in [-0.39, 0.29) is 18.1 Å². The summed E-state index contributed by atoms with van der Waals surface area (Å²) in [6, 6.07) is 38.3. The Balaban J connectivity index is 1.37. The molecule has 0 radical (unpaired) electrons. The summed E-state index contributed by atoms with van der Waals surface area (Å²) in [6.45, 7) is 3.33. The third kappa shape index (κ3) is 5.19. The fourth-order valence-electron chi connectivity index (χ4n) is 4.73. The van der Waals surface area contributed by atoms with E-state index in [1.54, 1.807) is 9.80 Å². The molecular formula is C31H30N4O2. The summed E-state index contributed by atoms with van der Waals surface area (Å²) in [5, 5.41) is 0. The van der Waals surface area contributed by atoms with Crippen LogP contribution in [0.3, 0.4) is 0 Å². The molecule has 37 heavy (non-hydrogen) atoms. The maximum atomic E-state index is 13.9. The minimum Gasteiger partial charge on any atom is -0.320 e. The lowest BCUT2D eigenvalue weighted by molar-refractivity contribution is 0.120. The Hall–Kier alpha value is -4.58. The van der Waals surface area contributed by atoms with Gasteiger partial charge in [0, 0.05) is 25.7 Å². The number of para-hydroxylation sites is 4. The molecule has 0 bridgehead atoms. The molecule has 4 aromatic rings. The van der Waals surface area contributed by atoms with E-state index in [1.807, 2.05) is 138 Å². The van der Waals surface area contributed by atoms with E-state index < -0.39 is 0 Å². The molecule has 1 aliphatic heterocycles. The molecule has 4 aromatic carbocycles. The van der Waals surface area contributed by atoms with Crippen molar-refractivity contribution in [2.75, 3.05) is 29.4 Å². The van der Waals surface area contributed by atoms with Crippen LogP contribution in [0.15, 0.2) is 121 Å². The van der Waals surface area contributed by atoms with Crippen LogP contribution in [0.4, 0.5) is 32.3 Å². The van der Waals surface area contributed by atoms with Gasteiger partial charge < -0.3 is 9.80 Å². The van der Waals surface area contributed by atoms with E-state index in [0.717, 1.165) is 22.7 Å². The van der Waals surface area contributed by atoms with Gasteiger partial charge in [-0.3, -0.25) is 9.80 Å². The highest BCUT2D eigenvalue weighted by molar-refractivity contribution is 6.01. The van der Waals surface area contributed by atoms with Crippen molar-refractivity contribution < 1.29 is 9.59 Å². The number of carbonyl (C=O) groups is 2. The van der Waals surface area contributed by atoms with Gasteiger partial charge in [-0.15, -0.1) is 0 Å². The van der Waals surface area contributed by atoms with Gasteiger partial charge in [-0.1, -0.05) is 72.8 Å². The molecule has 1 saturated heterocycles. The Kier molecular flexibility index (Phi) is 7.17.